The molecule has 5 nitrogen and oxygen atoms in total. The summed E-state index contributed by atoms with van der Waals surface area (Å²) < 4.78 is 16.7. The van der Waals surface area contributed by atoms with E-state index in [1.165, 1.54) is 27.8 Å². The van der Waals surface area contributed by atoms with E-state index in [0.717, 1.165) is 38.5 Å². The Bertz CT molecular complexity index is 983. The molecule has 2 bridgehead atoms. The molecular weight excluding hydrogens is 414 g/mol. The van der Waals surface area contributed by atoms with Crippen LogP contribution in [0.4, 0.5) is 4.79 Å². The fourth-order valence-corrected chi connectivity index (χ4v) is 5.89. The number of hydrogen-bond acceptors (Lipinski definition) is 4. The van der Waals surface area contributed by atoms with Gasteiger partial charge in [-0.3, -0.25) is 4.90 Å². The van der Waals surface area contributed by atoms with Gasteiger partial charge in [0.15, 0.2) is 6.29 Å². The molecule has 5 rings (SSSR count). The summed E-state index contributed by atoms with van der Waals surface area (Å²) in [6.07, 6.45) is 7.84. The zero-order valence-electron chi connectivity index (χ0n) is 19.5. The number of amides is 1. The Morgan fingerprint density at radius 3 is 2.30 bits per heavy atom. The highest BCUT2D eigenvalue weighted by Crippen LogP contribution is 2.45. The summed E-state index contributed by atoms with van der Waals surface area (Å²) in [6, 6.07) is 17.3. The van der Waals surface area contributed by atoms with Crippen LogP contribution in [0.15, 0.2) is 60.2 Å². The van der Waals surface area contributed by atoms with Crippen molar-refractivity contribution in [3.8, 4) is 11.1 Å². The zero-order chi connectivity index (χ0) is 22.8. The molecule has 2 heterocycles. The standard InChI is InChI=1S/C28H33NO4/c1-31-27(32-2)15-14-19-16-20-8-7-9-21(17-19)29(20)28(30)33-18-26-24-12-5-3-10-22(24)23-11-4-6-13-25(23)26/h3-6,10-13,16,20-21,26-27H,7-9,14-15,17-18H2,1-2H3. The van der Waals surface area contributed by atoms with Crippen molar-refractivity contribution in [2.75, 3.05) is 20.8 Å². The molecular formula is C28H33NO4. The van der Waals surface area contributed by atoms with Gasteiger partial charge in [-0.05, 0) is 54.4 Å². The molecule has 2 aromatic carbocycles. The Kier molecular flexibility index (Phi) is 6.52. The number of rotatable bonds is 7. The number of piperidine rings is 1. The Labute approximate surface area is 196 Å². The summed E-state index contributed by atoms with van der Waals surface area (Å²) >= 11 is 0. The smallest absolute Gasteiger partial charge is 0.410 e. The molecule has 2 atom stereocenters. The van der Waals surface area contributed by atoms with E-state index in [4.69, 9.17) is 14.2 Å². The van der Waals surface area contributed by atoms with E-state index in [1.807, 2.05) is 4.90 Å². The lowest BCUT2D eigenvalue weighted by Gasteiger charge is -2.44. The van der Waals surface area contributed by atoms with Crippen LogP contribution in [-0.4, -0.2) is 50.2 Å². The first kappa shape index (κ1) is 22.2. The largest absolute Gasteiger partial charge is 0.448 e. The molecule has 0 radical (unpaired) electrons. The molecule has 2 aliphatic heterocycles. The Balaban J connectivity index is 1.27. The van der Waals surface area contributed by atoms with E-state index in [1.54, 1.807) is 14.2 Å². The van der Waals surface area contributed by atoms with Gasteiger partial charge in [-0.25, -0.2) is 4.79 Å². The zero-order valence-corrected chi connectivity index (χ0v) is 19.5. The van der Waals surface area contributed by atoms with Crippen molar-refractivity contribution in [2.24, 2.45) is 0 Å². The predicted octanol–water partition coefficient (Wildman–Crippen LogP) is 5.89. The molecule has 1 amide bonds. The number of methoxy groups -OCH3 is 2. The average Bonchev–Trinajstić information content (AvgIpc) is 3.16. The predicted molar refractivity (Wildman–Crippen MR) is 128 cm³/mol. The second-order valence-corrected chi connectivity index (χ2v) is 9.33. The summed E-state index contributed by atoms with van der Waals surface area (Å²) in [4.78, 5) is 15.3. The molecule has 5 heteroatoms. The second-order valence-electron chi connectivity index (χ2n) is 9.33. The Hall–Kier alpha value is -2.63. The van der Waals surface area contributed by atoms with Crippen LogP contribution in [0, 0.1) is 0 Å². The first-order chi connectivity index (χ1) is 16.2. The van der Waals surface area contributed by atoms with E-state index in [-0.39, 0.29) is 30.4 Å². The van der Waals surface area contributed by atoms with Crippen LogP contribution in [0.2, 0.25) is 0 Å². The van der Waals surface area contributed by atoms with Crippen molar-refractivity contribution in [2.45, 2.75) is 62.8 Å². The number of carbonyl (C=O) groups is 1. The van der Waals surface area contributed by atoms with E-state index in [0.29, 0.717) is 6.61 Å². The quantitative estimate of drug-likeness (QED) is 0.392. The van der Waals surface area contributed by atoms with Crippen LogP contribution in [-0.2, 0) is 14.2 Å². The maximum Gasteiger partial charge on any atom is 0.410 e. The lowest BCUT2D eigenvalue weighted by atomic mass is 9.84. The fraction of sp³-hybridized carbons (Fsp3) is 0.464. The van der Waals surface area contributed by atoms with Gasteiger partial charge in [-0.2, -0.15) is 0 Å². The van der Waals surface area contributed by atoms with Crippen molar-refractivity contribution in [3.05, 3.63) is 71.3 Å². The van der Waals surface area contributed by atoms with Gasteiger partial charge >= 0.3 is 6.09 Å². The highest BCUT2D eigenvalue weighted by atomic mass is 16.7. The summed E-state index contributed by atoms with van der Waals surface area (Å²) in [6.45, 7) is 0.378. The normalized spacial score (nSPS) is 21.5. The van der Waals surface area contributed by atoms with E-state index < -0.39 is 0 Å². The molecule has 33 heavy (non-hydrogen) atoms. The van der Waals surface area contributed by atoms with Crippen molar-refractivity contribution in [1.29, 1.82) is 0 Å². The molecule has 174 valence electrons. The van der Waals surface area contributed by atoms with Crippen LogP contribution in [0.1, 0.15) is 55.6 Å². The van der Waals surface area contributed by atoms with Gasteiger partial charge in [0.25, 0.3) is 0 Å². The molecule has 1 saturated heterocycles. The molecule has 0 saturated carbocycles. The van der Waals surface area contributed by atoms with Crippen LogP contribution in [0.25, 0.3) is 11.1 Å². The Morgan fingerprint density at radius 2 is 1.67 bits per heavy atom. The molecule has 1 fully saturated rings. The highest BCUT2D eigenvalue weighted by Gasteiger charge is 2.38. The van der Waals surface area contributed by atoms with Crippen molar-refractivity contribution in [3.63, 3.8) is 0 Å². The second kappa shape index (κ2) is 9.70. The minimum atomic E-state index is -0.175. The minimum Gasteiger partial charge on any atom is -0.448 e. The Morgan fingerprint density at radius 1 is 1.00 bits per heavy atom. The summed E-state index contributed by atoms with van der Waals surface area (Å²) in [5.74, 6) is 0.0945. The summed E-state index contributed by atoms with van der Waals surface area (Å²) in [5.41, 5.74) is 6.41. The van der Waals surface area contributed by atoms with Gasteiger partial charge in [0.05, 0.1) is 6.04 Å². The van der Waals surface area contributed by atoms with Crippen LogP contribution in [0.3, 0.4) is 0 Å². The third kappa shape index (κ3) is 4.32. The third-order valence-electron chi connectivity index (χ3n) is 7.49. The number of nitrogens with zero attached hydrogens (tertiary/aromatic N) is 1. The molecule has 1 aliphatic carbocycles. The fourth-order valence-electron chi connectivity index (χ4n) is 5.89. The molecule has 2 unspecified atom stereocenters. The minimum absolute atomic E-state index is 0.0945. The average molecular weight is 448 g/mol. The maximum absolute atomic E-state index is 13.3. The SMILES string of the molecule is COC(CCC1=CC2CCCC(C1)N2C(=O)OCC1c2ccccc2-c2ccccc21)OC. The van der Waals surface area contributed by atoms with Gasteiger partial charge < -0.3 is 14.2 Å². The number of carbonyl (C=O) groups excluding carboxylic acids is 1. The molecule has 3 aliphatic rings. The first-order valence-corrected chi connectivity index (χ1v) is 12.1. The molecule has 0 N–H and O–H groups in total. The van der Waals surface area contributed by atoms with Gasteiger partial charge in [0.2, 0.25) is 0 Å². The van der Waals surface area contributed by atoms with E-state index in [2.05, 4.69) is 54.6 Å². The topological polar surface area (TPSA) is 48.0 Å². The monoisotopic (exact) mass is 447 g/mol. The van der Waals surface area contributed by atoms with Crippen molar-refractivity contribution >= 4 is 6.09 Å². The number of benzene rings is 2. The summed E-state index contributed by atoms with van der Waals surface area (Å²) in [7, 11) is 3.36. The van der Waals surface area contributed by atoms with Crippen molar-refractivity contribution < 1.29 is 19.0 Å². The van der Waals surface area contributed by atoms with Crippen LogP contribution in [0.5, 0.6) is 0 Å². The van der Waals surface area contributed by atoms with Crippen molar-refractivity contribution in [1.82, 2.24) is 4.90 Å². The molecule has 0 spiro atoms. The first-order valence-electron chi connectivity index (χ1n) is 12.1. The lowest BCUT2D eigenvalue weighted by Crippen LogP contribution is -2.52. The molecule has 0 aromatic heterocycles. The summed E-state index contributed by atoms with van der Waals surface area (Å²) in [5, 5.41) is 0. The number of fused-ring (bicyclic) bond motifs is 5. The van der Waals surface area contributed by atoms with Crippen LogP contribution < -0.4 is 0 Å². The van der Waals surface area contributed by atoms with E-state index >= 15 is 0 Å². The van der Waals surface area contributed by atoms with Gasteiger partial charge in [0, 0.05) is 32.6 Å². The number of ether oxygens (including phenoxy) is 3. The molecule has 2 aromatic rings. The van der Waals surface area contributed by atoms with Gasteiger partial charge in [-0.15, -0.1) is 0 Å². The van der Waals surface area contributed by atoms with E-state index in [9.17, 15) is 4.79 Å². The highest BCUT2D eigenvalue weighted by molar-refractivity contribution is 5.79. The third-order valence-corrected chi connectivity index (χ3v) is 7.49. The maximum atomic E-state index is 13.3. The number of hydrogen-bond donors (Lipinski definition) is 0. The van der Waals surface area contributed by atoms with Gasteiger partial charge in [0.1, 0.15) is 6.61 Å². The lowest BCUT2D eigenvalue weighted by molar-refractivity contribution is -0.106. The van der Waals surface area contributed by atoms with Crippen LogP contribution >= 0.6 is 0 Å². The van der Waals surface area contributed by atoms with Gasteiger partial charge in [-0.1, -0.05) is 60.2 Å².